The van der Waals surface area contributed by atoms with Crippen molar-refractivity contribution in [2.24, 2.45) is 0 Å². The van der Waals surface area contributed by atoms with Crippen LogP contribution >= 0.6 is 15.9 Å². The molecule has 132 valence electrons. The third kappa shape index (κ3) is 3.34. The number of nitrogens with zero attached hydrogens (tertiary/aromatic N) is 2. The van der Waals surface area contributed by atoms with Crippen molar-refractivity contribution in [1.29, 1.82) is 0 Å². The highest BCUT2D eigenvalue weighted by atomic mass is 79.9. The SMILES string of the molecule is O=C(NC1(c2cccc(Br)c2)CCOCC1)c1cnc2ccccc2n1. The minimum absolute atomic E-state index is 0.217. The highest BCUT2D eigenvalue weighted by Gasteiger charge is 2.36. The van der Waals surface area contributed by atoms with Gasteiger partial charge in [-0.25, -0.2) is 4.98 Å². The summed E-state index contributed by atoms with van der Waals surface area (Å²) in [5.41, 5.74) is 2.41. The van der Waals surface area contributed by atoms with E-state index in [1.807, 2.05) is 42.5 Å². The molecule has 0 spiro atoms. The summed E-state index contributed by atoms with van der Waals surface area (Å²) in [4.78, 5) is 21.8. The number of benzene rings is 2. The maximum absolute atomic E-state index is 13.0. The van der Waals surface area contributed by atoms with Gasteiger partial charge in [0.2, 0.25) is 0 Å². The van der Waals surface area contributed by atoms with E-state index in [9.17, 15) is 4.79 Å². The number of halogens is 1. The topological polar surface area (TPSA) is 64.1 Å². The van der Waals surface area contributed by atoms with E-state index in [0.29, 0.717) is 24.4 Å². The number of hydrogen-bond donors (Lipinski definition) is 1. The van der Waals surface area contributed by atoms with E-state index >= 15 is 0 Å². The number of nitrogens with one attached hydrogen (secondary N) is 1. The van der Waals surface area contributed by atoms with Gasteiger partial charge >= 0.3 is 0 Å². The number of aromatic nitrogens is 2. The Morgan fingerprint density at radius 2 is 1.85 bits per heavy atom. The van der Waals surface area contributed by atoms with Gasteiger partial charge in [-0.2, -0.15) is 0 Å². The largest absolute Gasteiger partial charge is 0.381 e. The van der Waals surface area contributed by atoms with Gasteiger partial charge in [-0.05, 0) is 42.7 Å². The zero-order valence-corrected chi connectivity index (χ0v) is 15.7. The lowest BCUT2D eigenvalue weighted by molar-refractivity contribution is 0.0344. The fourth-order valence-corrected chi connectivity index (χ4v) is 3.74. The van der Waals surface area contributed by atoms with Crippen molar-refractivity contribution in [2.75, 3.05) is 13.2 Å². The second-order valence-electron chi connectivity index (χ2n) is 6.40. The summed E-state index contributed by atoms with van der Waals surface area (Å²) >= 11 is 3.52. The van der Waals surface area contributed by atoms with Crippen molar-refractivity contribution in [3.05, 3.63) is 70.5 Å². The van der Waals surface area contributed by atoms with Crippen LogP contribution in [0, 0.1) is 0 Å². The molecule has 1 amide bonds. The minimum atomic E-state index is -0.466. The highest BCUT2D eigenvalue weighted by molar-refractivity contribution is 9.10. The zero-order valence-electron chi connectivity index (χ0n) is 14.1. The molecule has 0 radical (unpaired) electrons. The van der Waals surface area contributed by atoms with Gasteiger partial charge in [0.05, 0.1) is 22.8 Å². The molecule has 3 aromatic rings. The van der Waals surface area contributed by atoms with Crippen molar-refractivity contribution in [3.63, 3.8) is 0 Å². The average molecular weight is 412 g/mol. The maximum Gasteiger partial charge on any atom is 0.272 e. The van der Waals surface area contributed by atoms with Crippen LogP contribution in [0.3, 0.4) is 0 Å². The number of fused-ring (bicyclic) bond motifs is 1. The van der Waals surface area contributed by atoms with E-state index in [4.69, 9.17) is 4.74 Å². The highest BCUT2D eigenvalue weighted by Crippen LogP contribution is 2.33. The van der Waals surface area contributed by atoms with Crippen LogP contribution in [0.4, 0.5) is 0 Å². The lowest BCUT2D eigenvalue weighted by Gasteiger charge is -2.38. The van der Waals surface area contributed by atoms with Gasteiger partial charge in [-0.1, -0.05) is 40.2 Å². The van der Waals surface area contributed by atoms with Gasteiger partial charge < -0.3 is 10.1 Å². The molecule has 4 rings (SSSR count). The van der Waals surface area contributed by atoms with Gasteiger partial charge in [0, 0.05) is 17.7 Å². The Bertz CT molecular complexity index is 954. The smallest absolute Gasteiger partial charge is 0.272 e. The van der Waals surface area contributed by atoms with Crippen LogP contribution in [-0.4, -0.2) is 29.1 Å². The first-order valence-corrected chi connectivity index (χ1v) is 9.34. The summed E-state index contributed by atoms with van der Waals surface area (Å²) in [5, 5.41) is 3.21. The van der Waals surface area contributed by atoms with Crippen LogP contribution in [-0.2, 0) is 10.3 Å². The summed E-state index contributed by atoms with van der Waals surface area (Å²) in [7, 11) is 0. The average Bonchev–Trinajstić information content (AvgIpc) is 2.68. The molecule has 0 bridgehead atoms. The Morgan fingerprint density at radius 3 is 2.62 bits per heavy atom. The van der Waals surface area contributed by atoms with E-state index < -0.39 is 5.54 Å². The normalized spacial score (nSPS) is 16.3. The number of amides is 1. The molecule has 1 fully saturated rings. The monoisotopic (exact) mass is 411 g/mol. The number of carbonyl (C=O) groups excluding carboxylic acids is 1. The molecule has 0 unspecified atom stereocenters. The van der Waals surface area contributed by atoms with Gasteiger partial charge in [0.15, 0.2) is 0 Å². The predicted octanol–water partition coefficient (Wildman–Crippen LogP) is 3.83. The minimum Gasteiger partial charge on any atom is -0.381 e. The molecule has 1 aromatic heterocycles. The Hall–Kier alpha value is -2.31. The van der Waals surface area contributed by atoms with Gasteiger partial charge in [-0.3, -0.25) is 9.78 Å². The van der Waals surface area contributed by atoms with Crippen LogP contribution in [0.2, 0.25) is 0 Å². The van der Waals surface area contributed by atoms with Crippen molar-refractivity contribution < 1.29 is 9.53 Å². The van der Waals surface area contributed by atoms with Crippen molar-refractivity contribution >= 4 is 32.9 Å². The summed E-state index contributed by atoms with van der Waals surface area (Å²) in [6.45, 7) is 1.21. The number of hydrogen-bond acceptors (Lipinski definition) is 4. The van der Waals surface area contributed by atoms with E-state index in [1.54, 1.807) is 0 Å². The van der Waals surface area contributed by atoms with E-state index in [2.05, 4.69) is 37.3 Å². The number of carbonyl (C=O) groups is 1. The molecule has 0 atom stereocenters. The molecule has 0 aliphatic carbocycles. The maximum atomic E-state index is 13.0. The van der Waals surface area contributed by atoms with Crippen LogP contribution in [0.5, 0.6) is 0 Å². The summed E-state index contributed by atoms with van der Waals surface area (Å²) in [5.74, 6) is -0.217. The Labute approximate surface area is 159 Å². The lowest BCUT2D eigenvalue weighted by atomic mass is 9.82. The summed E-state index contributed by atoms with van der Waals surface area (Å²) in [6.07, 6.45) is 2.97. The lowest BCUT2D eigenvalue weighted by Crippen LogP contribution is -2.49. The summed E-state index contributed by atoms with van der Waals surface area (Å²) in [6, 6.07) is 15.6. The second kappa shape index (κ2) is 7.13. The van der Waals surface area contributed by atoms with Gasteiger partial charge in [0.1, 0.15) is 5.69 Å². The second-order valence-corrected chi connectivity index (χ2v) is 7.32. The third-order valence-electron chi connectivity index (χ3n) is 4.76. The van der Waals surface area contributed by atoms with E-state index in [-0.39, 0.29) is 5.91 Å². The molecule has 1 aliphatic rings. The zero-order chi connectivity index (χ0) is 18.0. The molecule has 2 aromatic carbocycles. The molecule has 2 heterocycles. The predicted molar refractivity (Wildman–Crippen MR) is 103 cm³/mol. The fourth-order valence-electron chi connectivity index (χ4n) is 3.34. The molecule has 5 nitrogen and oxygen atoms in total. The van der Waals surface area contributed by atoms with E-state index in [1.165, 1.54) is 6.20 Å². The standard InChI is InChI=1S/C20H18BrN3O2/c21-15-5-3-4-14(12-15)20(8-10-26-11-9-20)24-19(25)18-13-22-16-6-1-2-7-17(16)23-18/h1-7,12-13H,8-11H2,(H,24,25). The molecule has 1 aliphatic heterocycles. The van der Waals surface area contributed by atoms with Crippen LogP contribution in [0.25, 0.3) is 11.0 Å². The fraction of sp³-hybridized carbons (Fsp3) is 0.250. The van der Waals surface area contributed by atoms with E-state index in [0.717, 1.165) is 28.4 Å². The first-order chi connectivity index (χ1) is 12.7. The molecular formula is C20H18BrN3O2. The Kier molecular flexibility index (Phi) is 4.70. The number of para-hydroxylation sites is 2. The third-order valence-corrected chi connectivity index (χ3v) is 5.25. The first kappa shape index (κ1) is 17.1. The van der Waals surface area contributed by atoms with Crippen LogP contribution < -0.4 is 5.32 Å². The molecule has 6 heteroatoms. The molecule has 26 heavy (non-hydrogen) atoms. The van der Waals surface area contributed by atoms with Crippen LogP contribution in [0.1, 0.15) is 28.9 Å². The summed E-state index contributed by atoms with van der Waals surface area (Å²) < 4.78 is 6.52. The molecule has 0 saturated carbocycles. The number of rotatable bonds is 3. The van der Waals surface area contributed by atoms with Crippen molar-refractivity contribution in [1.82, 2.24) is 15.3 Å². The van der Waals surface area contributed by atoms with Gasteiger partial charge in [-0.15, -0.1) is 0 Å². The molecular weight excluding hydrogens is 394 g/mol. The number of ether oxygens (including phenoxy) is 1. The van der Waals surface area contributed by atoms with Crippen molar-refractivity contribution in [3.8, 4) is 0 Å². The van der Waals surface area contributed by atoms with Gasteiger partial charge in [0.25, 0.3) is 5.91 Å². The quantitative estimate of drug-likeness (QED) is 0.711. The first-order valence-electron chi connectivity index (χ1n) is 8.54. The Morgan fingerprint density at radius 1 is 1.08 bits per heavy atom. The Balaban J connectivity index is 1.67. The molecule has 1 N–H and O–H groups in total. The molecule has 1 saturated heterocycles. The van der Waals surface area contributed by atoms with Crippen LogP contribution in [0.15, 0.2) is 59.2 Å². The van der Waals surface area contributed by atoms with Crippen molar-refractivity contribution in [2.45, 2.75) is 18.4 Å².